The molecule has 39 heavy (non-hydrogen) atoms. The van der Waals surface area contributed by atoms with Crippen LogP contribution in [0.3, 0.4) is 0 Å². The van der Waals surface area contributed by atoms with Gasteiger partial charge in [0.25, 0.3) is 0 Å². The van der Waals surface area contributed by atoms with E-state index in [2.05, 4.69) is 16.0 Å². The summed E-state index contributed by atoms with van der Waals surface area (Å²) in [4.78, 5) is 24.9. The lowest BCUT2D eigenvalue weighted by molar-refractivity contribution is -0.000277. The monoisotopic (exact) mass is 543 g/mol. The number of carbonyl (C=O) groups is 2. The highest BCUT2D eigenvalue weighted by atomic mass is 16.6. The average molecular weight is 544 g/mol. The third-order valence-electron chi connectivity index (χ3n) is 5.62. The first-order valence-corrected chi connectivity index (χ1v) is 13.3. The molecule has 0 aliphatic rings. The van der Waals surface area contributed by atoms with E-state index >= 15 is 0 Å². The molecule has 0 aromatic heterocycles. The SMILES string of the molecule is CC(C)(C)NC(=O)O[C@@H](Cc1ccccc1)[C@H](O)CNC[C@@H](O)[C@H](Cc1ccccc1)NC(=O)OC(C)(C)C. The summed E-state index contributed by atoms with van der Waals surface area (Å²) in [7, 11) is 0. The Hall–Kier alpha value is -3.14. The zero-order chi connectivity index (χ0) is 29.1. The van der Waals surface area contributed by atoms with Crippen LogP contribution in [0.15, 0.2) is 60.7 Å². The van der Waals surface area contributed by atoms with Crippen LogP contribution in [0.5, 0.6) is 0 Å². The molecule has 2 amide bonds. The van der Waals surface area contributed by atoms with Gasteiger partial charge in [-0.3, -0.25) is 0 Å². The molecule has 0 unspecified atom stereocenters. The second kappa shape index (κ2) is 14.9. The van der Waals surface area contributed by atoms with Gasteiger partial charge in [0.15, 0.2) is 0 Å². The molecule has 0 fully saturated rings. The highest BCUT2D eigenvalue weighted by Crippen LogP contribution is 2.13. The molecule has 4 atom stereocenters. The first kappa shape index (κ1) is 32.1. The average Bonchev–Trinajstić information content (AvgIpc) is 2.82. The molecular formula is C30H45N3O6. The van der Waals surface area contributed by atoms with E-state index in [0.29, 0.717) is 12.8 Å². The number of rotatable bonds is 12. The van der Waals surface area contributed by atoms with E-state index in [-0.39, 0.29) is 13.1 Å². The zero-order valence-corrected chi connectivity index (χ0v) is 23.9. The van der Waals surface area contributed by atoms with E-state index < -0.39 is 47.7 Å². The van der Waals surface area contributed by atoms with Crippen molar-refractivity contribution in [3.05, 3.63) is 71.8 Å². The summed E-state index contributed by atoms with van der Waals surface area (Å²) in [5.41, 5.74) is 0.687. The van der Waals surface area contributed by atoms with Gasteiger partial charge in [0.1, 0.15) is 17.8 Å². The lowest BCUT2D eigenvalue weighted by Crippen LogP contribution is -2.51. The van der Waals surface area contributed by atoms with E-state index in [9.17, 15) is 19.8 Å². The second-order valence-corrected chi connectivity index (χ2v) is 11.7. The normalized spacial score (nSPS) is 15.0. The van der Waals surface area contributed by atoms with Crippen LogP contribution in [-0.2, 0) is 22.3 Å². The van der Waals surface area contributed by atoms with Crippen molar-refractivity contribution in [3.8, 4) is 0 Å². The van der Waals surface area contributed by atoms with Crippen LogP contribution in [0.2, 0.25) is 0 Å². The molecule has 0 aliphatic carbocycles. The fraction of sp³-hybridized carbons (Fsp3) is 0.533. The molecule has 2 aromatic carbocycles. The molecule has 0 heterocycles. The number of amides is 2. The van der Waals surface area contributed by atoms with Crippen molar-refractivity contribution in [2.24, 2.45) is 0 Å². The van der Waals surface area contributed by atoms with Crippen molar-refractivity contribution in [3.63, 3.8) is 0 Å². The van der Waals surface area contributed by atoms with Crippen molar-refractivity contribution in [2.75, 3.05) is 13.1 Å². The molecule has 9 heteroatoms. The van der Waals surface area contributed by atoms with Crippen LogP contribution in [0.1, 0.15) is 52.7 Å². The molecule has 0 spiro atoms. The van der Waals surface area contributed by atoms with Gasteiger partial charge in [-0.1, -0.05) is 60.7 Å². The van der Waals surface area contributed by atoms with Crippen LogP contribution in [0.25, 0.3) is 0 Å². The Morgan fingerprint density at radius 2 is 1.28 bits per heavy atom. The molecule has 0 bridgehead atoms. The maximum atomic E-state index is 12.5. The van der Waals surface area contributed by atoms with Gasteiger partial charge in [0.05, 0.1) is 12.1 Å². The highest BCUT2D eigenvalue weighted by molar-refractivity contribution is 5.68. The van der Waals surface area contributed by atoms with Gasteiger partial charge in [0, 0.05) is 25.0 Å². The Kier molecular flexibility index (Phi) is 12.2. The number of aliphatic hydroxyl groups excluding tert-OH is 2. The third kappa shape index (κ3) is 13.5. The number of benzene rings is 2. The first-order chi connectivity index (χ1) is 18.2. The molecule has 2 aromatic rings. The van der Waals surface area contributed by atoms with Crippen LogP contribution < -0.4 is 16.0 Å². The number of nitrogens with one attached hydrogen (secondary N) is 3. The molecule has 0 aliphatic heterocycles. The molecular weight excluding hydrogens is 498 g/mol. The summed E-state index contributed by atoms with van der Waals surface area (Å²) in [6.07, 6.45) is -3.38. The van der Waals surface area contributed by atoms with E-state index in [1.165, 1.54) is 0 Å². The Morgan fingerprint density at radius 3 is 1.79 bits per heavy atom. The Morgan fingerprint density at radius 1 is 0.769 bits per heavy atom. The predicted molar refractivity (Wildman–Crippen MR) is 151 cm³/mol. The Balaban J connectivity index is 2.03. The van der Waals surface area contributed by atoms with Gasteiger partial charge in [-0.05, 0) is 59.1 Å². The fourth-order valence-electron chi connectivity index (χ4n) is 3.84. The topological polar surface area (TPSA) is 129 Å². The number of hydrogen-bond donors (Lipinski definition) is 5. The van der Waals surface area contributed by atoms with Crippen molar-refractivity contribution >= 4 is 12.2 Å². The summed E-state index contributed by atoms with van der Waals surface area (Å²) in [5, 5.41) is 30.5. The number of hydrogen-bond acceptors (Lipinski definition) is 7. The minimum atomic E-state index is -1.05. The summed E-state index contributed by atoms with van der Waals surface area (Å²) >= 11 is 0. The highest BCUT2D eigenvalue weighted by Gasteiger charge is 2.28. The smallest absolute Gasteiger partial charge is 0.407 e. The van der Waals surface area contributed by atoms with E-state index in [0.717, 1.165) is 11.1 Å². The minimum absolute atomic E-state index is 0.0574. The van der Waals surface area contributed by atoms with Gasteiger partial charge in [-0.2, -0.15) is 0 Å². The number of alkyl carbamates (subject to hydrolysis) is 2. The number of ether oxygens (including phenoxy) is 2. The summed E-state index contributed by atoms with van der Waals surface area (Å²) < 4.78 is 11.0. The van der Waals surface area contributed by atoms with Crippen molar-refractivity contribution in [2.45, 2.75) is 89.9 Å². The van der Waals surface area contributed by atoms with Gasteiger partial charge in [0.2, 0.25) is 0 Å². The molecule has 216 valence electrons. The van der Waals surface area contributed by atoms with Crippen LogP contribution in [0.4, 0.5) is 9.59 Å². The zero-order valence-electron chi connectivity index (χ0n) is 23.9. The molecule has 9 nitrogen and oxygen atoms in total. The molecule has 2 rings (SSSR count). The quantitative estimate of drug-likeness (QED) is 0.277. The summed E-state index contributed by atoms with van der Waals surface area (Å²) in [5.74, 6) is 0. The molecule has 5 N–H and O–H groups in total. The van der Waals surface area contributed by atoms with Crippen LogP contribution >= 0.6 is 0 Å². The maximum absolute atomic E-state index is 12.5. The standard InChI is InChI=1S/C30H45N3O6/c1-29(2,3)33-28(37)38-26(18-22-15-11-8-12-16-22)25(35)20-31-19-24(34)23(17-21-13-9-7-10-14-21)32-27(36)39-30(4,5)6/h7-16,23-26,31,34-35H,17-20H2,1-6H3,(H,32,36)(H,33,37)/t23-,24+,25+,26-/m0/s1. The summed E-state index contributed by atoms with van der Waals surface area (Å²) in [6.45, 7) is 11.0. The van der Waals surface area contributed by atoms with Gasteiger partial charge >= 0.3 is 12.2 Å². The molecule has 0 radical (unpaired) electrons. The lowest BCUT2D eigenvalue weighted by Gasteiger charge is -2.29. The lowest BCUT2D eigenvalue weighted by atomic mass is 10.0. The summed E-state index contributed by atoms with van der Waals surface area (Å²) in [6, 6.07) is 18.3. The third-order valence-corrected chi connectivity index (χ3v) is 5.62. The largest absolute Gasteiger partial charge is 0.444 e. The van der Waals surface area contributed by atoms with Crippen LogP contribution in [0, 0.1) is 0 Å². The first-order valence-electron chi connectivity index (χ1n) is 13.3. The molecule has 0 saturated heterocycles. The minimum Gasteiger partial charge on any atom is -0.444 e. The molecule has 0 saturated carbocycles. The Labute approximate surface area is 232 Å². The number of aliphatic hydroxyl groups is 2. The van der Waals surface area contributed by atoms with E-state index in [1.54, 1.807) is 20.8 Å². The maximum Gasteiger partial charge on any atom is 0.407 e. The van der Waals surface area contributed by atoms with Gasteiger partial charge in [-0.15, -0.1) is 0 Å². The van der Waals surface area contributed by atoms with Gasteiger partial charge < -0.3 is 35.6 Å². The van der Waals surface area contributed by atoms with Crippen molar-refractivity contribution < 1.29 is 29.3 Å². The van der Waals surface area contributed by atoms with Crippen molar-refractivity contribution in [1.29, 1.82) is 0 Å². The van der Waals surface area contributed by atoms with E-state index in [1.807, 2.05) is 81.4 Å². The van der Waals surface area contributed by atoms with Gasteiger partial charge in [-0.25, -0.2) is 9.59 Å². The Bertz CT molecular complexity index is 923. The van der Waals surface area contributed by atoms with Crippen LogP contribution in [-0.4, -0.2) is 71.0 Å². The predicted octanol–water partition coefficient (Wildman–Crippen LogP) is 3.57. The van der Waals surface area contributed by atoms with Crippen molar-refractivity contribution in [1.82, 2.24) is 16.0 Å². The second-order valence-electron chi connectivity index (χ2n) is 11.7. The number of carbonyl (C=O) groups excluding carboxylic acids is 2. The fourth-order valence-corrected chi connectivity index (χ4v) is 3.84. The van der Waals surface area contributed by atoms with E-state index in [4.69, 9.17) is 9.47 Å².